The number of carboxylic acid groups (broad SMARTS) is 1. The third kappa shape index (κ3) is 3.17. The zero-order chi connectivity index (χ0) is 19.0. The average Bonchev–Trinajstić information content (AvgIpc) is 2.67. The number of fused-ring (bicyclic) bond motifs is 2. The van der Waals surface area contributed by atoms with Crippen LogP contribution in [0.25, 0.3) is 21.5 Å². The summed E-state index contributed by atoms with van der Waals surface area (Å²) in [5.74, 6) is -2.63. The molecule has 4 nitrogen and oxygen atoms in total. The van der Waals surface area contributed by atoms with Crippen LogP contribution in [-0.4, -0.2) is 17.0 Å². The monoisotopic (exact) mass is 380 g/mol. The summed E-state index contributed by atoms with van der Waals surface area (Å²) >= 11 is 6.41. The zero-order valence-corrected chi connectivity index (χ0v) is 15.1. The Morgan fingerprint density at radius 1 is 0.963 bits per heavy atom. The number of esters is 1. The fourth-order valence-corrected chi connectivity index (χ4v) is 3.93. The smallest absolute Gasteiger partial charge is 0.315 e. The van der Waals surface area contributed by atoms with Gasteiger partial charge in [0.15, 0.2) is 0 Å². The molecule has 0 saturated carbocycles. The van der Waals surface area contributed by atoms with E-state index >= 15 is 0 Å². The second-order valence-electron chi connectivity index (χ2n) is 6.68. The minimum absolute atomic E-state index is 0.326. The van der Waals surface area contributed by atoms with E-state index in [1.165, 1.54) is 0 Å². The summed E-state index contributed by atoms with van der Waals surface area (Å²) in [7, 11) is 0. The maximum Gasteiger partial charge on any atom is 0.315 e. The molecule has 1 aliphatic carbocycles. The van der Waals surface area contributed by atoms with Gasteiger partial charge in [-0.1, -0.05) is 60.2 Å². The number of benzene rings is 3. The molecule has 0 aliphatic heterocycles. The SMILES string of the molecule is O=C(O)C1CC=CCC1C(=O)Oc1c2ccccc2cc2cccc(Cl)c12. The van der Waals surface area contributed by atoms with Crippen LogP contribution >= 0.6 is 11.6 Å². The Morgan fingerprint density at radius 3 is 2.44 bits per heavy atom. The van der Waals surface area contributed by atoms with Gasteiger partial charge in [-0.15, -0.1) is 0 Å². The van der Waals surface area contributed by atoms with Crippen molar-refractivity contribution < 1.29 is 19.4 Å². The molecule has 136 valence electrons. The van der Waals surface area contributed by atoms with E-state index in [2.05, 4.69) is 0 Å². The maximum atomic E-state index is 12.9. The van der Waals surface area contributed by atoms with Crippen molar-refractivity contribution in [1.82, 2.24) is 0 Å². The predicted molar refractivity (Wildman–Crippen MR) is 105 cm³/mol. The largest absolute Gasteiger partial charge is 0.481 e. The molecule has 5 heteroatoms. The molecule has 2 atom stereocenters. The maximum absolute atomic E-state index is 12.9. The van der Waals surface area contributed by atoms with Gasteiger partial charge in [0.1, 0.15) is 5.75 Å². The Labute approximate surface area is 161 Å². The summed E-state index contributed by atoms with van der Waals surface area (Å²) in [6, 6.07) is 15.1. The van der Waals surface area contributed by atoms with Gasteiger partial charge in [0.05, 0.1) is 16.9 Å². The number of allylic oxidation sites excluding steroid dienone is 2. The van der Waals surface area contributed by atoms with Gasteiger partial charge in [-0.05, 0) is 35.7 Å². The van der Waals surface area contributed by atoms with Crippen molar-refractivity contribution in [2.45, 2.75) is 12.8 Å². The normalized spacial score (nSPS) is 19.3. The second kappa shape index (κ2) is 7.05. The molecule has 0 radical (unpaired) electrons. The molecule has 0 heterocycles. The van der Waals surface area contributed by atoms with Crippen LogP contribution in [-0.2, 0) is 9.59 Å². The van der Waals surface area contributed by atoms with Crippen LogP contribution in [0.3, 0.4) is 0 Å². The fourth-order valence-electron chi connectivity index (χ4n) is 3.66. The van der Waals surface area contributed by atoms with Gasteiger partial charge in [0.25, 0.3) is 0 Å². The Kier molecular flexibility index (Phi) is 4.58. The summed E-state index contributed by atoms with van der Waals surface area (Å²) in [4.78, 5) is 24.5. The Morgan fingerprint density at radius 2 is 1.67 bits per heavy atom. The highest BCUT2D eigenvalue weighted by Crippen LogP contribution is 2.40. The minimum atomic E-state index is -0.984. The van der Waals surface area contributed by atoms with Crippen LogP contribution in [0.15, 0.2) is 60.7 Å². The highest BCUT2D eigenvalue weighted by Gasteiger charge is 2.35. The molecule has 0 spiro atoms. The van der Waals surface area contributed by atoms with Gasteiger partial charge in [-0.3, -0.25) is 9.59 Å². The second-order valence-corrected chi connectivity index (χ2v) is 7.09. The number of carboxylic acids is 1. The first-order chi connectivity index (χ1) is 13.1. The van der Waals surface area contributed by atoms with Gasteiger partial charge < -0.3 is 9.84 Å². The third-order valence-electron chi connectivity index (χ3n) is 5.04. The van der Waals surface area contributed by atoms with Crippen LogP contribution in [0.2, 0.25) is 5.02 Å². The van der Waals surface area contributed by atoms with Gasteiger partial charge in [0, 0.05) is 10.8 Å². The molecule has 3 aromatic carbocycles. The molecule has 0 saturated heterocycles. The highest BCUT2D eigenvalue weighted by atomic mass is 35.5. The fraction of sp³-hybridized carbons (Fsp3) is 0.182. The van der Waals surface area contributed by atoms with Gasteiger partial charge in [0.2, 0.25) is 0 Å². The van der Waals surface area contributed by atoms with Crippen molar-refractivity contribution in [2.24, 2.45) is 11.8 Å². The molecule has 3 aromatic rings. The van der Waals surface area contributed by atoms with Crippen molar-refractivity contribution in [2.75, 3.05) is 0 Å². The van der Waals surface area contributed by atoms with E-state index in [-0.39, 0.29) is 0 Å². The molecule has 1 aliphatic rings. The van der Waals surface area contributed by atoms with Crippen LogP contribution < -0.4 is 4.74 Å². The number of halogens is 1. The van der Waals surface area contributed by atoms with E-state index in [0.717, 1.165) is 16.2 Å². The summed E-state index contributed by atoms with van der Waals surface area (Å²) in [5.41, 5.74) is 0. The van der Waals surface area contributed by atoms with Gasteiger partial charge in [-0.25, -0.2) is 0 Å². The van der Waals surface area contributed by atoms with E-state index in [1.807, 2.05) is 48.5 Å². The summed E-state index contributed by atoms with van der Waals surface area (Å²) in [6.07, 6.45) is 4.31. The highest BCUT2D eigenvalue weighted by molar-refractivity contribution is 6.37. The Hall–Kier alpha value is -2.85. The molecule has 0 aromatic heterocycles. The lowest BCUT2D eigenvalue weighted by molar-refractivity contribution is -0.152. The number of aliphatic carboxylic acids is 1. The van der Waals surface area contributed by atoms with Crippen molar-refractivity contribution in [1.29, 1.82) is 0 Å². The number of hydrogen-bond acceptors (Lipinski definition) is 3. The van der Waals surface area contributed by atoms with E-state index in [0.29, 0.717) is 29.0 Å². The standard InChI is InChI=1S/C22H17ClO4/c23-18-11-5-7-14-12-13-6-1-2-8-15(13)20(19(14)18)27-22(26)17-10-4-3-9-16(17)21(24)25/h1-8,11-12,16-17H,9-10H2,(H,24,25). The summed E-state index contributed by atoms with van der Waals surface area (Å²) in [6.45, 7) is 0. The van der Waals surface area contributed by atoms with Crippen LogP contribution in [0.1, 0.15) is 12.8 Å². The molecule has 0 amide bonds. The lowest BCUT2D eigenvalue weighted by Crippen LogP contribution is -2.33. The van der Waals surface area contributed by atoms with E-state index < -0.39 is 23.8 Å². The van der Waals surface area contributed by atoms with E-state index in [4.69, 9.17) is 16.3 Å². The molecule has 0 fully saturated rings. The van der Waals surface area contributed by atoms with Crippen LogP contribution in [0.5, 0.6) is 5.75 Å². The molecule has 1 N–H and O–H groups in total. The van der Waals surface area contributed by atoms with Crippen molar-refractivity contribution in [3.63, 3.8) is 0 Å². The first kappa shape index (κ1) is 17.6. The first-order valence-corrected chi connectivity index (χ1v) is 9.13. The molecule has 2 unspecified atom stereocenters. The number of carbonyl (C=O) groups excluding carboxylic acids is 1. The number of rotatable bonds is 3. The minimum Gasteiger partial charge on any atom is -0.481 e. The van der Waals surface area contributed by atoms with Gasteiger partial charge >= 0.3 is 11.9 Å². The van der Waals surface area contributed by atoms with Crippen molar-refractivity contribution in [3.05, 3.63) is 65.7 Å². The quantitative estimate of drug-likeness (QED) is 0.293. The molecular weight excluding hydrogens is 364 g/mol. The average molecular weight is 381 g/mol. The molecule has 4 rings (SSSR count). The summed E-state index contributed by atoms with van der Waals surface area (Å²) in [5, 5.41) is 13.1. The van der Waals surface area contributed by atoms with E-state index in [1.54, 1.807) is 12.1 Å². The molecular formula is C22H17ClO4. The Balaban J connectivity index is 1.83. The van der Waals surface area contributed by atoms with Crippen LogP contribution in [0, 0.1) is 11.8 Å². The predicted octanol–water partition coefficient (Wildman–Crippen LogP) is 5.22. The van der Waals surface area contributed by atoms with Gasteiger partial charge in [-0.2, -0.15) is 0 Å². The Bertz CT molecular complexity index is 1090. The number of hydrogen-bond donors (Lipinski definition) is 1. The molecule has 0 bridgehead atoms. The van der Waals surface area contributed by atoms with Crippen molar-refractivity contribution >= 4 is 45.1 Å². The number of carbonyl (C=O) groups is 2. The lowest BCUT2D eigenvalue weighted by Gasteiger charge is -2.24. The third-order valence-corrected chi connectivity index (χ3v) is 5.36. The summed E-state index contributed by atoms with van der Waals surface area (Å²) < 4.78 is 5.82. The topological polar surface area (TPSA) is 63.6 Å². The molecule has 27 heavy (non-hydrogen) atoms. The van der Waals surface area contributed by atoms with Crippen LogP contribution in [0.4, 0.5) is 0 Å². The van der Waals surface area contributed by atoms with Crippen molar-refractivity contribution in [3.8, 4) is 5.75 Å². The lowest BCUT2D eigenvalue weighted by atomic mass is 9.83. The van der Waals surface area contributed by atoms with E-state index in [9.17, 15) is 14.7 Å². The zero-order valence-electron chi connectivity index (χ0n) is 14.4. The number of ether oxygens (including phenoxy) is 1. The first-order valence-electron chi connectivity index (χ1n) is 8.75.